The first kappa shape index (κ1) is 31.8. The fraction of sp³-hybridized carbons (Fsp3) is 0.533. The molecule has 230 valence electrons. The average molecular weight is 603 g/mol. The van der Waals surface area contributed by atoms with Crippen LogP contribution < -0.4 is 0 Å². The number of aliphatic hydroxyl groups is 1. The molecule has 0 spiro atoms. The normalized spacial score (nSPS) is 20.0. The lowest BCUT2D eigenvalue weighted by Crippen LogP contribution is -2.49. The molecule has 0 unspecified atom stereocenters. The molecule has 12 heteroatoms. The molecule has 0 radical (unpaired) electrons. The number of aryl methyl sites for hydroxylation is 1. The topological polar surface area (TPSA) is 60.9 Å². The number of carbonyl (C=O) groups is 2. The first-order valence-corrected chi connectivity index (χ1v) is 13.7. The van der Waals surface area contributed by atoms with E-state index in [0.29, 0.717) is 36.1 Å². The summed E-state index contributed by atoms with van der Waals surface area (Å²) in [4.78, 5) is 29.9. The van der Waals surface area contributed by atoms with Gasteiger partial charge >= 0.3 is 12.4 Å². The number of halogens is 7. The lowest BCUT2D eigenvalue weighted by Gasteiger charge is -2.41. The zero-order valence-electron chi connectivity index (χ0n) is 23.4. The molecule has 1 N–H and O–H groups in total. The highest BCUT2D eigenvalue weighted by Crippen LogP contribution is 2.41. The van der Waals surface area contributed by atoms with Gasteiger partial charge in [0.25, 0.3) is 0 Å². The van der Waals surface area contributed by atoms with E-state index in [1.807, 2.05) is 0 Å². The first-order valence-electron chi connectivity index (χ1n) is 13.7. The van der Waals surface area contributed by atoms with Crippen LogP contribution in [0.5, 0.6) is 0 Å². The summed E-state index contributed by atoms with van der Waals surface area (Å²) in [5.41, 5.74) is -3.30. The lowest BCUT2D eigenvalue weighted by atomic mass is 9.78. The van der Waals surface area contributed by atoms with Crippen molar-refractivity contribution in [1.82, 2.24) is 9.80 Å². The van der Waals surface area contributed by atoms with Gasteiger partial charge in [0.15, 0.2) is 0 Å². The van der Waals surface area contributed by atoms with Crippen molar-refractivity contribution in [3.8, 4) is 0 Å². The van der Waals surface area contributed by atoms with Crippen molar-refractivity contribution in [1.29, 1.82) is 0 Å². The molecule has 1 aliphatic carbocycles. The van der Waals surface area contributed by atoms with Crippen LogP contribution in [0.1, 0.15) is 73.3 Å². The molecule has 42 heavy (non-hydrogen) atoms. The largest absolute Gasteiger partial charge is 0.416 e. The minimum absolute atomic E-state index is 0.0561. The molecule has 2 aromatic rings. The van der Waals surface area contributed by atoms with Gasteiger partial charge in [0.05, 0.1) is 23.1 Å². The van der Waals surface area contributed by atoms with E-state index in [1.165, 1.54) is 41.8 Å². The molecule has 1 heterocycles. The number of hydrogen-bond donors (Lipinski definition) is 1. The van der Waals surface area contributed by atoms with Crippen LogP contribution in [0.4, 0.5) is 30.7 Å². The summed E-state index contributed by atoms with van der Waals surface area (Å²) in [5.74, 6) is -2.62. The molecule has 4 rings (SSSR count). The van der Waals surface area contributed by atoms with Crippen molar-refractivity contribution < 1.29 is 45.4 Å². The maximum absolute atomic E-state index is 14.1. The van der Waals surface area contributed by atoms with Crippen LogP contribution in [0.3, 0.4) is 0 Å². The Kier molecular flexibility index (Phi) is 8.70. The van der Waals surface area contributed by atoms with E-state index >= 15 is 0 Å². The van der Waals surface area contributed by atoms with Crippen molar-refractivity contribution in [3.63, 3.8) is 0 Å². The zero-order chi connectivity index (χ0) is 31.2. The Morgan fingerprint density at radius 2 is 1.55 bits per heavy atom. The average Bonchev–Trinajstić information content (AvgIpc) is 3.70. The second-order valence-electron chi connectivity index (χ2n) is 11.9. The van der Waals surface area contributed by atoms with E-state index in [9.17, 15) is 45.4 Å². The van der Waals surface area contributed by atoms with E-state index in [2.05, 4.69) is 0 Å². The minimum Gasteiger partial charge on any atom is -0.390 e. The van der Waals surface area contributed by atoms with Crippen LogP contribution in [-0.4, -0.2) is 51.5 Å². The number of amides is 2. The van der Waals surface area contributed by atoms with Gasteiger partial charge in [0.2, 0.25) is 11.8 Å². The van der Waals surface area contributed by atoms with Gasteiger partial charge in [-0.05, 0) is 87.1 Å². The SMILES string of the molecule is Cc1cc(F)ccc1[C@@H]1CN(C(=O)CC(C)(C)O)CC[C@H]1C(=O)N(Cc1cc(C(F)(F)F)cc(C(F)(F)F)c1)C1CC1. The van der Waals surface area contributed by atoms with Gasteiger partial charge in [-0.2, -0.15) is 26.3 Å². The third-order valence-electron chi connectivity index (χ3n) is 7.77. The van der Waals surface area contributed by atoms with Gasteiger partial charge in [-0.1, -0.05) is 6.07 Å². The van der Waals surface area contributed by atoms with Crippen LogP contribution in [0, 0.1) is 18.7 Å². The summed E-state index contributed by atoms with van der Waals surface area (Å²) in [6.45, 7) is 4.46. The quantitative estimate of drug-likeness (QED) is 0.371. The number of hydrogen-bond acceptors (Lipinski definition) is 3. The molecule has 2 fully saturated rings. The van der Waals surface area contributed by atoms with Gasteiger partial charge in [-0.15, -0.1) is 0 Å². The molecule has 2 amide bonds. The van der Waals surface area contributed by atoms with Crippen LogP contribution in [-0.2, 0) is 28.5 Å². The molecule has 1 saturated carbocycles. The van der Waals surface area contributed by atoms with E-state index < -0.39 is 59.2 Å². The molecule has 2 atom stereocenters. The molecule has 0 aromatic heterocycles. The number of alkyl halides is 6. The van der Waals surface area contributed by atoms with Gasteiger partial charge in [-0.25, -0.2) is 4.39 Å². The number of benzene rings is 2. The molecular formula is C30H33F7N2O3. The Hall–Kier alpha value is -3.15. The monoisotopic (exact) mass is 602 g/mol. The highest BCUT2D eigenvalue weighted by Gasteiger charge is 2.44. The van der Waals surface area contributed by atoms with Crippen molar-refractivity contribution in [3.05, 3.63) is 70.0 Å². The Morgan fingerprint density at radius 1 is 0.952 bits per heavy atom. The summed E-state index contributed by atoms with van der Waals surface area (Å²) in [6.07, 6.45) is -8.90. The lowest BCUT2D eigenvalue weighted by molar-refractivity contribution is -0.144. The van der Waals surface area contributed by atoms with Crippen molar-refractivity contribution in [2.45, 2.75) is 82.9 Å². The molecule has 1 aliphatic heterocycles. The number of carbonyl (C=O) groups excluding carboxylic acids is 2. The molecule has 1 saturated heterocycles. The third-order valence-corrected chi connectivity index (χ3v) is 7.77. The van der Waals surface area contributed by atoms with Crippen molar-refractivity contribution in [2.75, 3.05) is 13.1 Å². The van der Waals surface area contributed by atoms with Crippen molar-refractivity contribution >= 4 is 11.8 Å². The molecule has 0 bridgehead atoms. The molecular weight excluding hydrogens is 569 g/mol. The highest BCUT2D eigenvalue weighted by molar-refractivity contribution is 5.82. The number of nitrogens with zero attached hydrogens (tertiary/aromatic N) is 2. The Balaban J connectivity index is 1.68. The maximum atomic E-state index is 14.1. The van der Waals surface area contributed by atoms with Crippen LogP contribution >= 0.6 is 0 Å². The second kappa shape index (κ2) is 11.5. The summed E-state index contributed by atoms with van der Waals surface area (Å²) >= 11 is 0. The summed E-state index contributed by atoms with van der Waals surface area (Å²) in [6, 6.07) is 5.06. The second-order valence-corrected chi connectivity index (χ2v) is 11.9. The number of piperidine rings is 1. The Morgan fingerprint density at radius 3 is 2.05 bits per heavy atom. The minimum atomic E-state index is -5.02. The van der Waals surface area contributed by atoms with E-state index in [1.54, 1.807) is 6.92 Å². The molecule has 5 nitrogen and oxygen atoms in total. The fourth-order valence-electron chi connectivity index (χ4n) is 5.62. The van der Waals surface area contributed by atoms with Gasteiger partial charge < -0.3 is 14.9 Å². The summed E-state index contributed by atoms with van der Waals surface area (Å²) in [5, 5.41) is 10.1. The maximum Gasteiger partial charge on any atom is 0.416 e. The van der Waals surface area contributed by atoms with Crippen molar-refractivity contribution in [2.24, 2.45) is 5.92 Å². The smallest absolute Gasteiger partial charge is 0.390 e. The predicted molar refractivity (Wildman–Crippen MR) is 139 cm³/mol. The van der Waals surface area contributed by atoms with Crippen LogP contribution in [0.2, 0.25) is 0 Å². The highest BCUT2D eigenvalue weighted by atomic mass is 19.4. The van der Waals surface area contributed by atoms with E-state index in [-0.39, 0.29) is 49.5 Å². The van der Waals surface area contributed by atoms with Gasteiger partial charge in [-0.3, -0.25) is 9.59 Å². The standard InChI is InChI=1S/C30H33F7N2O3/c1-17-10-21(31)4-7-23(17)25-16-38(26(40)14-28(2,3)42)9-8-24(25)27(41)39(22-5-6-22)15-18-11-19(29(32,33)34)13-20(12-18)30(35,36)37/h4,7,10-13,22,24-25,42H,5-6,8-9,14-16H2,1-3H3/t24-,25+/m1/s1. The van der Waals surface area contributed by atoms with E-state index in [0.717, 1.165) is 0 Å². The number of rotatable bonds is 7. The Bertz CT molecular complexity index is 1300. The zero-order valence-corrected chi connectivity index (χ0v) is 23.4. The van der Waals surface area contributed by atoms with Gasteiger partial charge in [0, 0.05) is 37.5 Å². The van der Waals surface area contributed by atoms with Gasteiger partial charge in [0.1, 0.15) is 5.82 Å². The van der Waals surface area contributed by atoms with Crippen LogP contribution in [0.25, 0.3) is 0 Å². The summed E-state index contributed by atoms with van der Waals surface area (Å²) < 4.78 is 94.8. The van der Waals surface area contributed by atoms with E-state index in [4.69, 9.17) is 0 Å². The summed E-state index contributed by atoms with van der Waals surface area (Å²) in [7, 11) is 0. The third kappa shape index (κ3) is 7.62. The fourth-order valence-corrected chi connectivity index (χ4v) is 5.62. The Labute approximate surface area is 239 Å². The van der Waals surface area contributed by atoms with Crippen LogP contribution in [0.15, 0.2) is 36.4 Å². The number of likely N-dealkylation sites (tertiary alicyclic amines) is 1. The molecule has 2 aromatic carbocycles. The predicted octanol–water partition coefficient (Wildman–Crippen LogP) is 6.46. The molecule has 2 aliphatic rings. The first-order chi connectivity index (χ1) is 19.3.